The third kappa shape index (κ3) is 5.93. The van der Waals surface area contributed by atoms with Gasteiger partial charge < -0.3 is 19.6 Å². The van der Waals surface area contributed by atoms with Gasteiger partial charge in [-0.05, 0) is 57.1 Å². The molecule has 0 unspecified atom stereocenters. The van der Waals surface area contributed by atoms with Crippen LogP contribution in [0.5, 0.6) is 0 Å². The van der Waals surface area contributed by atoms with E-state index in [9.17, 15) is 9.90 Å². The average molecular weight is 528 g/mol. The van der Waals surface area contributed by atoms with Crippen LogP contribution in [0.25, 0.3) is 22.0 Å². The highest BCUT2D eigenvalue weighted by Gasteiger charge is 2.25. The number of fused-ring (bicyclic) bond motifs is 2. The summed E-state index contributed by atoms with van der Waals surface area (Å²) in [6, 6.07) is 6.12. The van der Waals surface area contributed by atoms with Crippen molar-refractivity contribution in [3.05, 3.63) is 89.1 Å². The lowest BCUT2D eigenvalue weighted by Gasteiger charge is -2.15. The van der Waals surface area contributed by atoms with E-state index < -0.39 is 0 Å². The van der Waals surface area contributed by atoms with Crippen molar-refractivity contribution in [1.29, 1.82) is 0 Å². The molecule has 0 bridgehead atoms. The molecule has 2 aromatic heterocycles. The molecular formula is C32H37N3O4. The molecule has 0 amide bonds. The van der Waals surface area contributed by atoms with Crippen molar-refractivity contribution in [2.24, 2.45) is 0 Å². The first kappa shape index (κ1) is 26.8. The van der Waals surface area contributed by atoms with Gasteiger partial charge in [-0.3, -0.25) is 4.68 Å². The molecule has 0 saturated carbocycles. The highest BCUT2D eigenvalue weighted by molar-refractivity contribution is 6.04. The minimum absolute atomic E-state index is 0.127. The Kier molecular flexibility index (Phi) is 8.78. The zero-order valence-electron chi connectivity index (χ0n) is 22.6. The Balaban J connectivity index is 1.44. The van der Waals surface area contributed by atoms with Crippen LogP contribution in [0.4, 0.5) is 0 Å². The lowest BCUT2D eigenvalue weighted by molar-refractivity contribution is 0.0519. The van der Waals surface area contributed by atoms with Crippen molar-refractivity contribution in [3.8, 4) is 11.1 Å². The number of aryl methyl sites for hydroxylation is 2. The molecule has 3 aromatic rings. The first-order valence-corrected chi connectivity index (χ1v) is 14.0. The fourth-order valence-corrected chi connectivity index (χ4v) is 5.47. The molecule has 1 aromatic carbocycles. The van der Waals surface area contributed by atoms with E-state index in [1.54, 1.807) is 0 Å². The number of hydrogen-bond donors (Lipinski definition) is 2. The lowest BCUT2D eigenvalue weighted by atomic mass is 9.95. The number of aromatic amines is 1. The van der Waals surface area contributed by atoms with Gasteiger partial charge in [-0.15, -0.1) is 0 Å². The van der Waals surface area contributed by atoms with E-state index in [4.69, 9.17) is 14.6 Å². The minimum Gasteiger partial charge on any atom is -0.498 e. The predicted molar refractivity (Wildman–Crippen MR) is 153 cm³/mol. The average Bonchev–Trinajstić information content (AvgIpc) is 3.53. The largest absolute Gasteiger partial charge is 0.498 e. The molecule has 0 spiro atoms. The number of nitrogens with zero attached hydrogens (tertiary/aromatic N) is 2. The summed E-state index contributed by atoms with van der Waals surface area (Å²) in [6.45, 7) is 3.40. The van der Waals surface area contributed by atoms with Crippen molar-refractivity contribution in [1.82, 2.24) is 14.8 Å². The van der Waals surface area contributed by atoms with Crippen LogP contribution in [-0.4, -0.2) is 39.1 Å². The van der Waals surface area contributed by atoms with Crippen molar-refractivity contribution in [3.63, 3.8) is 0 Å². The van der Waals surface area contributed by atoms with Crippen LogP contribution in [0.2, 0.25) is 0 Å². The highest BCUT2D eigenvalue weighted by Crippen LogP contribution is 2.38. The number of aliphatic hydroxyl groups is 1. The number of allylic oxidation sites excluding steroid dienone is 7. The fraction of sp³-hybridized carbons (Fsp3) is 0.375. The second kappa shape index (κ2) is 12.8. The number of benzene rings is 1. The molecular weight excluding hydrogens is 490 g/mol. The Morgan fingerprint density at radius 1 is 1.15 bits per heavy atom. The monoisotopic (exact) mass is 527 g/mol. The van der Waals surface area contributed by atoms with Crippen LogP contribution in [0, 0.1) is 0 Å². The lowest BCUT2D eigenvalue weighted by Crippen LogP contribution is -2.11. The SMILES string of the molecule is CCOC(=O)c1[nH]c2c(-c3c(CO)nn4c3CCCC4)cccc2c1CCCO/C1=C/C=C\C/C=C\C=C/C1. The van der Waals surface area contributed by atoms with Crippen molar-refractivity contribution in [2.45, 2.75) is 65.0 Å². The second-order valence-corrected chi connectivity index (χ2v) is 9.84. The van der Waals surface area contributed by atoms with Crippen LogP contribution in [-0.2, 0) is 35.5 Å². The molecule has 3 heterocycles. The van der Waals surface area contributed by atoms with Gasteiger partial charge in [-0.2, -0.15) is 5.10 Å². The summed E-state index contributed by atoms with van der Waals surface area (Å²) in [7, 11) is 0. The van der Waals surface area contributed by atoms with E-state index in [1.165, 1.54) is 0 Å². The molecule has 5 rings (SSSR count). The minimum atomic E-state index is -0.353. The quantitative estimate of drug-likeness (QED) is 0.251. The zero-order chi connectivity index (χ0) is 27.0. The number of rotatable bonds is 9. The van der Waals surface area contributed by atoms with E-state index in [0.29, 0.717) is 31.0 Å². The zero-order valence-corrected chi connectivity index (χ0v) is 22.6. The Morgan fingerprint density at radius 3 is 2.90 bits per heavy atom. The van der Waals surface area contributed by atoms with Crippen molar-refractivity contribution in [2.75, 3.05) is 13.2 Å². The smallest absolute Gasteiger partial charge is 0.355 e. The number of carbonyl (C=O) groups is 1. The number of hydrogen-bond acceptors (Lipinski definition) is 5. The molecule has 0 atom stereocenters. The molecule has 7 heteroatoms. The van der Waals surface area contributed by atoms with Crippen LogP contribution in [0.1, 0.15) is 66.5 Å². The molecule has 1 aliphatic carbocycles. The third-order valence-electron chi connectivity index (χ3n) is 7.25. The maximum absolute atomic E-state index is 13.0. The van der Waals surface area contributed by atoms with E-state index in [2.05, 4.69) is 41.4 Å². The Bertz CT molecular complexity index is 1440. The third-order valence-corrected chi connectivity index (χ3v) is 7.25. The number of esters is 1. The van der Waals surface area contributed by atoms with E-state index in [0.717, 1.165) is 84.1 Å². The maximum atomic E-state index is 13.0. The van der Waals surface area contributed by atoms with E-state index in [1.807, 2.05) is 35.9 Å². The summed E-state index contributed by atoms with van der Waals surface area (Å²) in [5.74, 6) is 0.570. The normalized spacial score (nSPS) is 19.1. The molecule has 0 radical (unpaired) electrons. The van der Waals surface area contributed by atoms with Gasteiger partial charge in [-0.25, -0.2) is 4.79 Å². The molecule has 0 fully saturated rings. The number of ether oxygens (including phenoxy) is 2. The number of aliphatic hydroxyl groups excluding tert-OH is 1. The van der Waals surface area contributed by atoms with Gasteiger partial charge in [0, 0.05) is 35.2 Å². The molecule has 2 aliphatic rings. The van der Waals surface area contributed by atoms with Gasteiger partial charge in [-0.1, -0.05) is 54.7 Å². The van der Waals surface area contributed by atoms with E-state index in [-0.39, 0.29) is 12.6 Å². The summed E-state index contributed by atoms with van der Waals surface area (Å²) in [5.41, 5.74) is 6.08. The fourth-order valence-electron chi connectivity index (χ4n) is 5.47. The summed E-state index contributed by atoms with van der Waals surface area (Å²) in [4.78, 5) is 16.4. The van der Waals surface area contributed by atoms with Crippen molar-refractivity contribution < 1.29 is 19.4 Å². The standard InChI is InChI=1S/C32H37N3O4/c1-2-38-32(37)31-25(18-13-21-39-23-14-8-6-4-3-5-7-9-15-23)24-16-12-17-26(30(24)33-31)29-27(22-36)34-35-20-11-10-19-28(29)35/h3-4,6-9,12,15-17,33,36H,2,5,10-11,13-14,18-22H2,1H3/b4-3-,8-6-,9-7-,23-15+. The first-order valence-electron chi connectivity index (χ1n) is 14.0. The molecule has 2 N–H and O–H groups in total. The molecule has 39 heavy (non-hydrogen) atoms. The Morgan fingerprint density at radius 2 is 2.03 bits per heavy atom. The van der Waals surface area contributed by atoms with Crippen molar-refractivity contribution >= 4 is 16.9 Å². The molecule has 204 valence electrons. The second-order valence-electron chi connectivity index (χ2n) is 9.84. The number of para-hydroxylation sites is 1. The van der Waals surface area contributed by atoms with Crippen LogP contribution < -0.4 is 0 Å². The molecule has 7 nitrogen and oxygen atoms in total. The van der Waals surface area contributed by atoms with Gasteiger partial charge in [0.1, 0.15) is 5.69 Å². The van der Waals surface area contributed by atoms with Crippen LogP contribution in [0.15, 0.2) is 66.5 Å². The molecule has 0 saturated heterocycles. The maximum Gasteiger partial charge on any atom is 0.355 e. The number of aromatic nitrogens is 3. The summed E-state index contributed by atoms with van der Waals surface area (Å²) < 4.78 is 13.6. The van der Waals surface area contributed by atoms with Crippen LogP contribution >= 0.6 is 0 Å². The van der Waals surface area contributed by atoms with Gasteiger partial charge in [0.2, 0.25) is 0 Å². The van der Waals surface area contributed by atoms with E-state index >= 15 is 0 Å². The van der Waals surface area contributed by atoms with Gasteiger partial charge in [0.15, 0.2) is 0 Å². The Hall–Kier alpha value is -3.84. The van der Waals surface area contributed by atoms with Gasteiger partial charge >= 0.3 is 5.97 Å². The highest BCUT2D eigenvalue weighted by atomic mass is 16.5. The summed E-state index contributed by atoms with van der Waals surface area (Å²) in [5, 5.41) is 15.8. The number of nitrogens with one attached hydrogen (secondary N) is 1. The van der Waals surface area contributed by atoms with Gasteiger partial charge in [0.05, 0.1) is 36.8 Å². The molecule has 1 aliphatic heterocycles. The summed E-state index contributed by atoms with van der Waals surface area (Å²) in [6.07, 6.45) is 20.6. The Labute approximate surface area is 229 Å². The van der Waals surface area contributed by atoms with Crippen LogP contribution in [0.3, 0.4) is 0 Å². The van der Waals surface area contributed by atoms with Gasteiger partial charge in [0.25, 0.3) is 0 Å². The summed E-state index contributed by atoms with van der Waals surface area (Å²) >= 11 is 0. The first-order chi connectivity index (χ1) is 19.2. The topological polar surface area (TPSA) is 89.4 Å². The number of H-pyrrole nitrogens is 1. The predicted octanol–water partition coefficient (Wildman–Crippen LogP) is 6.33. The number of carbonyl (C=O) groups excluding carboxylic acids is 1.